The van der Waals surface area contributed by atoms with Crippen molar-refractivity contribution >= 4 is 28.7 Å². The zero-order chi connectivity index (χ0) is 11.5. The molecule has 2 nitrogen and oxygen atoms in total. The van der Waals surface area contributed by atoms with Crippen LogP contribution >= 0.6 is 11.6 Å². The second-order valence-corrected chi connectivity index (χ2v) is 4.07. The van der Waals surface area contributed by atoms with Crippen molar-refractivity contribution in [1.82, 2.24) is 0 Å². The van der Waals surface area contributed by atoms with Gasteiger partial charge >= 0.3 is 0 Å². The summed E-state index contributed by atoms with van der Waals surface area (Å²) >= 11 is 5.85. The first-order chi connectivity index (χ1) is 7.66. The highest BCUT2D eigenvalue weighted by atomic mass is 35.5. The zero-order valence-electron chi connectivity index (χ0n) is 9.02. The molecule has 0 radical (unpaired) electrons. The molecule has 0 aliphatic heterocycles. The quantitative estimate of drug-likeness (QED) is 0.801. The lowest BCUT2D eigenvalue weighted by Gasteiger charge is -2.19. The van der Waals surface area contributed by atoms with Crippen LogP contribution in [-0.4, -0.2) is 7.05 Å². The maximum atomic E-state index is 5.85. The van der Waals surface area contributed by atoms with Crippen LogP contribution in [0.3, 0.4) is 0 Å². The van der Waals surface area contributed by atoms with E-state index in [-0.39, 0.29) is 0 Å². The first kappa shape index (κ1) is 10.8. The van der Waals surface area contributed by atoms with Gasteiger partial charge in [0.15, 0.2) is 0 Å². The van der Waals surface area contributed by atoms with Crippen molar-refractivity contribution in [1.29, 1.82) is 0 Å². The second kappa shape index (κ2) is 4.45. The molecular formula is C13H13ClN2. The van der Waals surface area contributed by atoms with Crippen LogP contribution in [0.25, 0.3) is 0 Å². The predicted molar refractivity (Wildman–Crippen MR) is 70.4 cm³/mol. The minimum absolute atomic E-state index is 0.740. The number of rotatable bonds is 2. The summed E-state index contributed by atoms with van der Waals surface area (Å²) in [6.07, 6.45) is 0. The van der Waals surface area contributed by atoms with Gasteiger partial charge in [-0.15, -0.1) is 0 Å². The summed E-state index contributed by atoms with van der Waals surface area (Å²) in [5.74, 6) is 0. The Morgan fingerprint density at radius 1 is 1.00 bits per heavy atom. The molecule has 2 rings (SSSR count). The summed E-state index contributed by atoms with van der Waals surface area (Å²) in [5.41, 5.74) is 8.65. The number of nitrogen functional groups attached to an aromatic ring is 1. The maximum absolute atomic E-state index is 5.85. The molecule has 0 bridgehead atoms. The van der Waals surface area contributed by atoms with Crippen molar-refractivity contribution in [3.05, 3.63) is 53.6 Å². The van der Waals surface area contributed by atoms with Gasteiger partial charge in [0.1, 0.15) is 0 Å². The Kier molecular flexibility index (Phi) is 3.02. The number of nitrogens with two attached hydrogens (primary N) is 1. The van der Waals surface area contributed by atoms with Crippen molar-refractivity contribution in [3.8, 4) is 0 Å². The molecule has 16 heavy (non-hydrogen) atoms. The molecule has 82 valence electrons. The molecule has 2 N–H and O–H groups in total. The molecule has 0 amide bonds. The number of nitrogens with zero attached hydrogens (tertiary/aromatic N) is 1. The third kappa shape index (κ3) is 2.28. The van der Waals surface area contributed by atoms with Gasteiger partial charge in [0.25, 0.3) is 0 Å². The predicted octanol–water partition coefficient (Wildman–Crippen LogP) is 3.69. The smallest absolute Gasteiger partial charge is 0.0428 e. The van der Waals surface area contributed by atoms with Crippen LogP contribution in [-0.2, 0) is 0 Å². The molecule has 2 aromatic rings. The zero-order valence-corrected chi connectivity index (χ0v) is 9.78. The lowest BCUT2D eigenvalue weighted by molar-refractivity contribution is 1.21. The van der Waals surface area contributed by atoms with E-state index in [1.165, 1.54) is 0 Å². The largest absolute Gasteiger partial charge is 0.399 e. The summed E-state index contributed by atoms with van der Waals surface area (Å²) in [6.45, 7) is 0. The molecule has 0 spiro atoms. The molecule has 0 saturated heterocycles. The SMILES string of the molecule is CN(c1ccc(Cl)cc1)c1cccc(N)c1. The van der Waals surface area contributed by atoms with E-state index in [1.54, 1.807) is 0 Å². The first-order valence-corrected chi connectivity index (χ1v) is 5.39. The highest BCUT2D eigenvalue weighted by Gasteiger charge is 2.03. The van der Waals surface area contributed by atoms with Crippen LogP contribution in [0, 0.1) is 0 Å². The summed E-state index contributed by atoms with van der Waals surface area (Å²) in [7, 11) is 2.00. The number of hydrogen-bond donors (Lipinski definition) is 1. The summed E-state index contributed by atoms with van der Waals surface area (Å²) < 4.78 is 0. The minimum Gasteiger partial charge on any atom is -0.399 e. The Hall–Kier alpha value is -1.67. The normalized spacial score (nSPS) is 10.1. The Bertz CT molecular complexity index is 480. The molecule has 0 saturated carbocycles. The van der Waals surface area contributed by atoms with Gasteiger partial charge in [0, 0.05) is 29.1 Å². The third-order valence-electron chi connectivity index (χ3n) is 2.47. The highest BCUT2D eigenvalue weighted by Crippen LogP contribution is 2.25. The molecular weight excluding hydrogens is 220 g/mol. The first-order valence-electron chi connectivity index (χ1n) is 5.01. The summed E-state index contributed by atoms with van der Waals surface area (Å²) in [4.78, 5) is 2.06. The fourth-order valence-corrected chi connectivity index (χ4v) is 1.67. The fourth-order valence-electron chi connectivity index (χ4n) is 1.55. The van der Waals surface area contributed by atoms with Crippen molar-refractivity contribution < 1.29 is 0 Å². The van der Waals surface area contributed by atoms with E-state index in [0.717, 1.165) is 22.1 Å². The fraction of sp³-hybridized carbons (Fsp3) is 0.0769. The molecule has 0 aromatic heterocycles. The molecule has 0 heterocycles. The number of hydrogen-bond acceptors (Lipinski definition) is 2. The van der Waals surface area contributed by atoms with Crippen LogP contribution in [0.5, 0.6) is 0 Å². The lowest BCUT2D eigenvalue weighted by Crippen LogP contribution is -2.09. The Balaban J connectivity index is 2.31. The van der Waals surface area contributed by atoms with Crippen molar-refractivity contribution in [3.63, 3.8) is 0 Å². The summed E-state index contributed by atoms with van der Waals surface area (Å²) in [5, 5.41) is 0.740. The Morgan fingerprint density at radius 3 is 2.31 bits per heavy atom. The van der Waals surface area contributed by atoms with Gasteiger partial charge in [-0.1, -0.05) is 17.7 Å². The van der Waals surface area contributed by atoms with Crippen LogP contribution in [0.15, 0.2) is 48.5 Å². The molecule has 0 fully saturated rings. The van der Waals surface area contributed by atoms with Crippen LogP contribution < -0.4 is 10.6 Å². The number of anilines is 3. The standard InChI is InChI=1S/C13H13ClN2/c1-16(12-7-5-10(14)6-8-12)13-4-2-3-11(15)9-13/h2-9H,15H2,1H3. The van der Waals surface area contributed by atoms with E-state index in [1.807, 2.05) is 55.6 Å². The van der Waals surface area contributed by atoms with Gasteiger partial charge < -0.3 is 10.6 Å². The van der Waals surface area contributed by atoms with Gasteiger partial charge in [-0.05, 0) is 42.5 Å². The molecule has 0 aliphatic rings. The van der Waals surface area contributed by atoms with Crippen LogP contribution in [0.2, 0.25) is 5.02 Å². The van der Waals surface area contributed by atoms with Gasteiger partial charge in [0.2, 0.25) is 0 Å². The molecule has 2 aromatic carbocycles. The van der Waals surface area contributed by atoms with E-state index in [0.29, 0.717) is 0 Å². The van der Waals surface area contributed by atoms with Crippen molar-refractivity contribution in [2.75, 3.05) is 17.7 Å². The number of halogens is 1. The molecule has 3 heteroatoms. The van der Waals surface area contributed by atoms with Crippen molar-refractivity contribution in [2.24, 2.45) is 0 Å². The van der Waals surface area contributed by atoms with Gasteiger partial charge in [-0.3, -0.25) is 0 Å². The minimum atomic E-state index is 0.740. The number of benzene rings is 2. The van der Waals surface area contributed by atoms with Crippen molar-refractivity contribution in [2.45, 2.75) is 0 Å². The maximum Gasteiger partial charge on any atom is 0.0428 e. The summed E-state index contributed by atoms with van der Waals surface area (Å²) in [6, 6.07) is 15.5. The van der Waals surface area contributed by atoms with Gasteiger partial charge in [-0.25, -0.2) is 0 Å². The van der Waals surface area contributed by atoms with Gasteiger partial charge in [0.05, 0.1) is 0 Å². The molecule has 0 atom stereocenters. The van der Waals surface area contributed by atoms with E-state index in [4.69, 9.17) is 17.3 Å². The Morgan fingerprint density at radius 2 is 1.69 bits per heavy atom. The Labute approximate surface area is 100 Å². The van der Waals surface area contributed by atoms with Crippen LogP contribution in [0.1, 0.15) is 0 Å². The molecule has 0 unspecified atom stereocenters. The average molecular weight is 233 g/mol. The monoisotopic (exact) mass is 232 g/mol. The van der Waals surface area contributed by atoms with E-state index >= 15 is 0 Å². The van der Waals surface area contributed by atoms with E-state index in [2.05, 4.69) is 4.90 Å². The second-order valence-electron chi connectivity index (χ2n) is 3.63. The average Bonchev–Trinajstić information content (AvgIpc) is 2.29. The molecule has 0 aliphatic carbocycles. The lowest BCUT2D eigenvalue weighted by atomic mass is 10.2. The van der Waals surface area contributed by atoms with E-state index < -0.39 is 0 Å². The highest BCUT2D eigenvalue weighted by molar-refractivity contribution is 6.30. The van der Waals surface area contributed by atoms with Crippen LogP contribution in [0.4, 0.5) is 17.1 Å². The van der Waals surface area contributed by atoms with Gasteiger partial charge in [-0.2, -0.15) is 0 Å². The van der Waals surface area contributed by atoms with E-state index in [9.17, 15) is 0 Å². The topological polar surface area (TPSA) is 29.3 Å². The third-order valence-corrected chi connectivity index (χ3v) is 2.72.